The first-order chi connectivity index (χ1) is 13.8. The van der Waals surface area contributed by atoms with E-state index in [0.29, 0.717) is 17.8 Å². The highest BCUT2D eigenvalue weighted by atomic mass is 32.1. The predicted octanol–water partition coefficient (Wildman–Crippen LogP) is 4.59. The van der Waals surface area contributed by atoms with E-state index in [9.17, 15) is 0 Å². The lowest BCUT2D eigenvalue weighted by atomic mass is 10.0. The first-order valence-electron chi connectivity index (χ1n) is 9.61. The summed E-state index contributed by atoms with van der Waals surface area (Å²) in [5.74, 6) is 3.19. The number of aromatic nitrogens is 2. The highest BCUT2D eigenvalue weighted by Gasteiger charge is 2.28. The van der Waals surface area contributed by atoms with Gasteiger partial charge in [-0.25, -0.2) is 0 Å². The fourth-order valence-electron chi connectivity index (χ4n) is 3.84. The van der Waals surface area contributed by atoms with Crippen molar-refractivity contribution in [1.29, 1.82) is 0 Å². The first-order valence-corrected chi connectivity index (χ1v) is 10.5. The van der Waals surface area contributed by atoms with Gasteiger partial charge in [-0.15, -0.1) is 11.3 Å². The summed E-state index contributed by atoms with van der Waals surface area (Å²) in [6, 6.07) is 10.4. The lowest BCUT2D eigenvalue weighted by molar-refractivity contribution is 0.244. The van der Waals surface area contributed by atoms with Crippen molar-refractivity contribution in [3.05, 3.63) is 47.2 Å². The van der Waals surface area contributed by atoms with Crippen molar-refractivity contribution in [2.75, 3.05) is 27.3 Å². The Bertz CT molecular complexity index is 894. The molecule has 0 bridgehead atoms. The second-order valence-corrected chi connectivity index (χ2v) is 7.84. The lowest BCUT2D eigenvalue weighted by Crippen LogP contribution is -2.25. The fraction of sp³-hybridized carbons (Fsp3) is 0.429. The van der Waals surface area contributed by atoms with Crippen LogP contribution in [-0.4, -0.2) is 42.3 Å². The van der Waals surface area contributed by atoms with Crippen molar-refractivity contribution >= 4 is 11.3 Å². The summed E-state index contributed by atoms with van der Waals surface area (Å²) in [5.41, 5.74) is 1.21. The van der Waals surface area contributed by atoms with Crippen molar-refractivity contribution < 1.29 is 14.0 Å². The summed E-state index contributed by atoms with van der Waals surface area (Å²) in [6.45, 7) is 2.08. The van der Waals surface area contributed by atoms with Crippen LogP contribution < -0.4 is 9.47 Å². The van der Waals surface area contributed by atoms with Crippen LogP contribution in [0.1, 0.15) is 36.8 Å². The number of nitrogens with zero attached hydrogens (tertiary/aromatic N) is 3. The zero-order chi connectivity index (χ0) is 19.3. The average Bonchev–Trinajstić information content (AvgIpc) is 3.48. The molecule has 2 aromatic heterocycles. The molecular weight excluding hydrogens is 374 g/mol. The molecule has 148 valence electrons. The maximum absolute atomic E-state index is 5.60. The van der Waals surface area contributed by atoms with Gasteiger partial charge >= 0.3 is 0 Å². The van der Waals surface area contributed by atoms with Gasteiger partial charge in [0.15, 0.2) is 0 Å². The number of methoxy groups -OCH3 is 2. The largest absolute Gasteiger partial charge is 0.497 e. The van der Waals surface area contributed by atoms with Crippen LogP contribution in [0.4, 0.5) is 0 Å². The van der Waals surface area contributed by atoms with Gasteiger partial charge in [0.05, 0.1) is 19.1 Å². The Labute approximate surface area is 169 Å². The van der Waals surface area contributed by atoms with E-state index in [1.165, 1.54) is 12.0 Å². The Kier molecular flexibility index (Phi) is 5.92. The minimum atomic E-state index is 0.356. The van der Waals surface area contributed by atoms with Crippen LogP contribution in [0.2, 0.25) is 0 Å². The normalized spacial score (nSPS) is 17.1. The second kappa shape index (κ2) is 8.75. The van der Waals surface area contributed by atoms with Crippen LogP contribution in [0.3, 0.4) is 0 Å². The molecule has 4 rings (SSSR count). The number of ether oxygens (including phenoxy) is 2. The number of aryl methyl sites for hydroxylation is 1. The van der Waals surface area contributed by atoms with Crippen molar-refractivity contribution in [1.82, 2.24) is 15.0 Å². The van der Waals surface area contributed by atoms with E-state index in [4.69, 9.17) is 14.0 Å². The minimum Gasteiger partial charge on any atom is -0.497 e. The van der Waals surface area contributed by atoms with E-state index in [0.717, 1.165) is 48.7 Å². The molecule has 1 aliphatic heterocycles. The van der Waals surface area contributed by atoms with Crippen LogP contribution in [0.5, 0.6) is 11.5 Å². The third-order valence-electron chi connectivity index (χ3n) is 5.21. The molecule has 1 unspecified atom stereocenters. The van der Waals surface area contributed by atoms with Crippen molar-refractivity contribution in [3.63, 3.8) is 0 Å². The van der Waals surface area contributed by atoms with Gasteiger partial charge in [-0.3, -0.25) is 4.90 Å². The molecule has 1 aromatic carbocycles. The summed E-state index contributed by atoms with van der Waals surface area (Å²) in [5, 5.41) is 6.11. The SMILES string of the molecule is COc1ccc(OC)c(C2CCCN2CCCc2nc(-c3cccs3)no2)c1. The third kappa shape index (κ3) is 4.05. The van der Waals surface area contributed by atoms with Crippen LogP contribution in [0.25, 0.3) is 10.7 Å². The number of hydrogen-bond donors (Lipinski definition) is 0. The second-order valence-electron chi connectivity index (χ2n) is 6.89. The smallest absolute Gasteiger partial charge is 0.227 e. The molecule has 0 N–H and O–H groups in total. The average molecular weight is 400 g/mol. The van der Waals surface area contributed by atoms with E-state index in [2.05, 4.69) is 21.1 Å². The number of benzene rings is 1. The molecule has 1 saturated heterocycles. The van der Waals surface area contributed by atoms with E-state index in [1.54, 1.807) is 25.6 Å². The van der Waals surface area contributed by atoms with E-state index < -0.39 is 0 Å². The summed E-state index contributed by atoms with van der Waals surface area (Å²) in [6.07, 6.45) is 4.09. The number of likely N-dealkylation sites (tertiary alicyclic amines) is 1. The topological polar surface area (TPSA) is 60.6 Å². The van der Waals surface area contributed by atoms with E-state index in [-0.39, 0.29) is 0 Å². The molecule has 6 nitrogen and oxygen atoms in total. The van der Waals surface area contributed by atoms with Gasteiger partial charge in [0.2, 0.25) is 11.7 Å². The fourth-order valence-corrected chi connectivity index (χ4v) is 4.49. The minimum absolute atomic E-state index is 0.356. The maximum atomic E-state index is 5.60. The molecule has 1 atom stereocenters. The van der Waals surface area contributed by atoms with Gasteiger partial charge in [0, 0.05) is 18.0 Å². The van der Waals surface area contributed by atoms with Crippen molar-refractivity contribution in [3.8, 4) is 22.2 Å². The van der Waals surface area contributed by atoms with Crippen LogP contribution in [0.15, 0.2) is 40.2 Å². The summed E-state index contributed by atoms with van der Waals surface area (Å²) in [7, 11) is 3.43. The molecule has 0 aliphatic carbocycles. The Morgan fingerprint density at radius 3 is 2.96 bits per heavy atom. The van der Waals surface area contributed by atoms with Crippen molar-refractivity contribution in [2.45, 2.75) is 31.7 Å². The molecule has 0 saturated carbocycles. The van der Waals surface area contributed by atoms with E-state index in [1.807, 2.05) is 29.6 Å². The standard InChI is InChI=1S/C21H25N3O3S/c1-25-15-9-10-18(26-2)16(14-15)17-6-3-11-24(17)12-4-8-20-22-21(23-27-20)19-7-5-13-28-19/h5,7,9-10,13-14,17H,3-4,6,8,11-12H2,1-2H3. The molecule has 0 spiro atoms. The Morgan fingerprint density at radius 1 is 1.25 bits per heavy atom. The Hall–Kier alpha value is -2.38. The highest BCUT2D eigenvalue weighted by molar-refractivity contribution is 7.13. The van der Waals surface area contributed by atoms with E-state index >= 15 is 0 Å². The summed E-state index contributed by atoms with van der Waals surface area (Å²) in [4.78, 5) is 8.08. The molecule has 0 amide bonds. The molecule has 1 fully saturated rings. The summed E-state index contributed by atoms with van der Waals surface area (Å²) >= 11 is 1.62. The van der Waals surface area contributed by atoms with Gasteiger partial charge < -0.3 is 14.0 Å². The Balaban J connectivity index is 1.38. The van der Waals surface area contributed by atoms with Crippen molar-refractivity contribution in [2.24, 2.45) is 0 Å². The third-order valence-corrected chi connectivity index (χ3v) is 6.07. The van der Waals surface area contributed by atoms with Gasteiger partial charge in [0.25, 0.3) is 0 Å². The van der Waals surface area contributed by atoms with Crippen LogP contribution >= 0.6 is 11.3 Å². The molecule has 7 heteroatoms. The predicted molar refractivity (Wildman–Crippen MR) is 109 cm³/mol. The van der Waals surface area contributed by atoms with Gasteiger partial charge in [-0.1, -0.05) is 11.2 Å². The van der Waals surface area contributed by atoms with Gasteiger partial charge in [-0.05, 0) is 62.0 Å². The van der Waals surface area contributed by atoms with Gasteiger partial charge in [0.1, 0.15) is 11.5 Å². The number of hydrogen-bond acceptors (Lipinski definition) is 7. The van der Waals surface area contributed by atoms with Crippen LogP contribution in [0, 0.1) is 0 Å². The molecule has 3 heterocycles. The Morgan fingerprint density at radius 2 is 2.18 bits per heavy atom. The zero-order valence-electron chi connectivity index (χ0n) is 16.3. The highest BCUT2D eigenvalue weighted by Crippen LogP contribution is 2.38. The molecule has 0 radical (unpaired) electrons. The monoisotopic (exact) mass is 399 g/mol. The summed E-state index contributed by atoms with van der Waals surface area (Å²) < 4.78 is 16.4. The zero-order valence-corrected chi connectivity index (χ0v) is 17.1. The quantitative estimate of drug-likeness (QED) is 0.552. The maximum Gasteiger partial charge on any atom is 0.227 e. The van der Waals surface area contributed by atoms with Gasteiger partial charge in [-0.2, -0.15) is 4.98 Å². The number of rotatable bonds is 8. The molecule has 1 aliphatic rings. The first kappa shape index (κ1) is 19.0. The lowest BCUT2D eigenvalue weighted by Gasteiger charge is -2.26. The van der Waals surface area contributed by atoms with Crippen LogP contribution in [-0.2, 0) is 6.42 Å². The number of thiophene rings is 1. The molecule has 28 heavy (non-hydrogen) atoms. The molecular formula is C21H25N3O3S. The molecule has 3 aromatic rings.